The molecule has 3 N–H and O–H groups in total. The van der Waals surface area contributed by atoms with E-state index in [-0.39, 0.29) is 6.04 Å². The van der Waals surface area contributed by atoms with E-state index in [0.29, 0.717) is 34.7 Å². The van der Waals surface area contributed by atoms with Crippen LogP contribution in [-0.2, 0) is 0 Å². The highest BCUT2D eigenvalue weighted by atomic mass is 35.5. The van der Waals surface area contributed by atoms with Gasteiger partial charge in [0.05, 0.1) is 10.0 Å². The molecule has 0 radical (unpaired) electrons. The van der Waals surface area contributed by atoms with E-state index in [1.807, 2.05) is 19.9 Å². The Morgan fingerprint density at radius 1 is 1.41 bits per heavy atom. The van der Waals surface area contributed by atoms with Crippen molar-refractivity contribution in [2.75, 3.05) is 19.7 Å². The summed E-state index contributed by atoms with van der Waals surface area (Å²) in [6.07, 6.45) is 5.59. The minimum atomic E-state index is -0.848. The van der Waals surface area contributed by atoms with Gasteiger partial charge in [-0.25, -0.2) is 0 Å². The molecule has 1 heterocycles. The number of aliphatic hydroxyl groups is 1. The molecular formula is C20H30Cl2N2O2S. The molecule has 1 aromatic carbocycles. The van der Waals surface area contributed by atoms with Gasteiger partial charge in [0.2, 0.25) is 0 Å². The van der Waals surface area contributed by atoms with E-state index >= 15 is 0 Å². The van der Waals surface area contributed by atoms with Gasteiger partial charge in [-0.2, -0.15) is 0 Å². The highest BCUT2D eigenvalue weighted by molar-refractivity contribution is 7.98. The highest BCUT2D eigenvalue weighted by Gasteiger charge is 2.30. The molecule has 0 saturated carbocycles. The number of hydrogen-bond acceptors (Lipinski definition) is 5. The van der Waals surface area contributed by atoms with Gasteiger partial charge < -0.3 is 15.2 Å². The summed E-state index contributed by atoms with van der Waals surface area (Å²) in [5, 5.41) is 14.9. The molecule has 27 heavy (non-hydrogen) atoms. The van der Waals surface area contributed by atoms with Crippen LogP contribution in [0, 0.1) is 5.92 Å². The van der Waals surface area contributed by atoms with Crippen molar-refractivity contribution in [3.8, 4) is 5.75 Å². The SMILES string of the molecule is C=CCOc1cc(Cl)c(Cl)cc1C(NSC(C)(O)CC)C1CCCNCC1. The van der Waals surface area contributed by atoms with Crippen molar-refractivity contribution >= 4 is 35.1 Å². The van der Waals surface area contributed by atoms with Gasteiger partial charge in [0, 0.05) is 17.7 Å². The first-order chi connectivity index (χ1) is 12.9. The molecule has 1 aliphatic rings. The first kappa shape index (κ1) is 22.9. The van der Waals surface area contributed by atoms with Gasteiger partial charge in [0.1, 0.15) is 17.3 Å². The van der Waals surface area contributed by atoms with Crippen LogP contribution in [0.1, 0.15) is 51.1 Å². The van der Waals surface area contributed by atoms with Crippen LogP contribution in [0.25, 0.3) is 0 Å². The fraction of sp³-hybridized carbons (Fsp3) is 0.600. The van der Waals surface area contributed by atoms with Crippen molar-refractivity contribution in [1.82, 2.24) is 10.0 Å². The molecule has 152 valence electrons. The van der Waals surface area contributed by atoms with E-state index in [0.717, 1.165) is 37.9 Å². The van der Waals surface area contributed by atoms with Crippen molar-refractivity contribution in [3.63, 3.8) is 0 Å². The van der Waals surface area contributed by atoms with Crippen molar-refractivity contribution in [2.45, 2.75) is 50.5 Å². The summed E-state index contributed by atoms with van der Waals surface area (Å²) < 4.78 is 9.41. The summed E-state index contributed by atoms with van der Waals surface area (Å²) in [4.78, 5) is -0.848. The molecule has 4 nitrogen and oxygen atoms in total. The minimum Gasteiger partial charge on any atom is -0.489 e. The third-order valence-electron chi connectivity index (χ3n) is 4.90. The van der Waals surface area contributed by atoms with Gasteiger partial charge in [-0.3, -0.25) is 4.72 Å². The Kier molecular flexibility index (Phi) is 9.26. The summed E-state index contributed by atoms with van der Waals surface area (Å²) in [5.41, 5.74) is 0.970. The quantitative estimate of drug-likeness (QED) is 0.279. The Labute approximate surface area is 177 Å². The zero-order valence-electron chi connectivity index (χ0n) is 16.1. The summed E-state index contributed by atoms with van der Waals surface area (Å²) in [5.74, 6) is 1.10. The molecule has 1 aromatic rings. The van der Waals surface area contributed by atoms with Gasteiger partial charge in [0.15, 0.2) is 0 Å². The molecule has 3 unspecified atom stereocenters. The van der Waals surface area contributed by atoms with Crippen LogP contribution in [0.2, 0.25) is 10.0 Å². The molecule has 0 aromatic heterocycles. The van der Waals surface area contributed by atoms with Crippen molar-refractivity contribution in [3.05, 3.63) is 40.4 Å². The van der Waals surface area contributed by atoms with Gasteiger partial charge >= 0.3 is 0 Å². The van der Waals surface area contributed by atoms with Crippen molar-refractivity contribution in [1.29, 1.82) is 0 Å². The number of nitrogens with one attached hydrogen (secondary N) is 2. The second kappa shape index (κ2) is 10.9. The van der Waals surface area contributed by atoms with E-state index in [4.69, 9.17) is 27.9 Å². The fourth-order valence-electron chi connectivity index (χ4n) is 3.12. The number of hydrogen-bond donors (Lipinski definition) is 3. The minimum absolute atomic E-state index is 0.0116. The smallest absolute Gasteiger partial charge is 0.126 e. The van der Waals surface area contributed by atoms with Crippen LogP contribution in [0.4, 0.5) is 0 Å². The highest BCUT2D eigenvalue weighted by Crippen LogP contribution is 2.41. The molecule has 0 aliphatic carbocycles. The zero-order chi connectivity index (χ0) is 19.9. The molecule has 0 bridgehead atoms. The molecule has 2 rings (SSSR count). The lowest BCUT2D eigenvalue weighted by molar-refractivity contribution is 0.151. The maximum absolute atomic E-state index is 10.5. The third kappa shape index (κ3) is 6.84. The second-order valence-electron chi connectivity index (χ2n) is 7.07. The maximum Gasteiger partial charge on any atom is 0.126 e. The average molecular weight is 433 g/mol. The Hall–Kier alpha value is -0.430. The Morgan fingerprint density at radius 3 is 2.85 bits per heavy atom. The van der Waals surface area contributed by atoms with Crippen LogP contribution >= 0.6 is 35.1 Å². The lowest BCUT2D eigenvalue weighted by Crippen LogP contribution is -2.31. The lowest BCUT2D eigenvalue weighted by Gasteiger charge is -2.32. The number of rotatable bonds is 9. The third-order valence-corrected chi connectivity index (χ3v) is 6.72. The summed E-state index contributed by atoms with van der Waals surface area (Å²) in [7, 11) is 0. The lowest BCUT2D eigenvalue weighted by atomic mass is 9.87. The number of benzene rings is 1. The van der Waals surface area contributed by atoms with Gasteiger partial charge in [-0.1, -0.05) is 42.8 Å². The zero-order valence-corrected chi connectivity index (χ0v) is 18.4. The molecule has 7 heteroatoms. The Morgan fingerprint density at radius 2 is 2.15 bits per heavy atom. The standard InChI is InChI=1S/C20H30Cl2N2O2S/c1-4-11-26-18-13-17(22)16(21)12-15(18)19(24-27-20(3,25)5-2)14-7-6-9-23-10-8-14/h4,12-14,19,23-25H,1,5-11H2,2-3H3. The van der Waals surface area contributed by atoms with E-state index in [1.54, 1.807) is 12.1 Å². The van der Waals surface area contributed by atoms with E-state index in [9.17, 15) is 5.11 Å². The predicted molar refractivity (Wildman–Crippen MR) is 117 cm³/mol. The topological polar surface area (TPSA) is 53.5 Å². The number of halogens is 2. The van der Waals surface area contributed by atoms with Crippen LogP contribution in [0.15, 0.2) is 24.8 Å². The number of ether oxygens (including phenoxy) is 1. The summed E-state index contributed by atoms with van der Waals surface area (Å²) in [6, 6.07) is 3.65. The van der Waals surface area contributed by atoms with Crippen LogP contribution in [-0.4, -0.2) is 29.7 Å². The molecule has 0 spiro atoms. The summed E-state index contributed by atoms with van der Waals surface area (Å²) in [6.45, 7) is 9.91. The second-order valence-corrected chi connectivity index (χ2v) is 9.20. The maximum atomic E-state index is 10.5. The Bertz CT molecular complexity index is 620. The van der Waals surface area contributed by atoms with E-state index < -0.39 is 4.93 Å². The average Bonchev–Trinajstić information content (AvgIpc) is 2.92. The summed E-state index contributed by atoms with van der Waals surface area (Å²) >= 11 is 13.9. The molecule has 3 atom stereocenters. The largest absolute Gasteiger partial charge is 0.489 e. The van der Waals surface area contributed by atoms with Gasteiger partial charge in [0.25, 0.3) is 0 Å². The van der Waals surface area contributed by atoms with Crippen LogP contribution < -0.4 is 14.8 Å². The van der Waals surface area contributed by atoms with Crippen molar-refractivity contribution < 1.29 is 9.84 Å². The Balaban J connectivity index is 2.38. The predicted octanol–water partition coefficient (Wildman–Crippen LogP) is 5.35. The first-order valence-corrected chi connectivity index (χ1v) is 11.0. The van der Waals surface area contributed by atoms with Crippen LogP contribution in [0.3, 0.4) is 0 Å². The van der Waals surface area contributed by atoms with E-state index in [1.165, 1.54) is 11.9 Å². The van der Waals surface area contributed by atoms with Crippen LogP contribution in [0.5, 0.6) is 5.75 Å². The first-order valence-electron chi connectivity index (χ1n) is 9.47. The fourth-order valence-corrected chi connectivity index (χ4v) is 4.29. The molecule has 1 fully saturated rings. The van der Waals surface area contributed by atoms with E-state index in [2.05, 4.69) is 16.6 Å². The molecular weight excluding hydrogens is 403 g/mol. The van der Waals surface area contributed by atoms with Crippen molar-refractivity contribution in [2.24, 2.45) is 5.92 Å². The molecule has 1 saturated heterocycles. The monoisotopic (exact) mass is 432 g/mol. The normalized spacial score (nSPS) is 21.1. The van der Waals surface area contributed by atoms with Gasteiger partial charge in [-0.05, 0) is 69.6 Å². The molecule has 0 amide bonds. The van der Waals surface area contributed by atoms with Gasteiger partial charge in [-0.15, -0.1) is 0 Å². The molecule has 1 aliphatic heterocycles.